The highest BCUT2D eigenvalue weighted by molar-refractivity contribution is 6.31. The number of alkyl halides is 3. The van der Waals surface area contributed by atoms with E-state index in [-0.39, 0.29) is 11.5 Å². The molecule has 0 radical (unpaired) electrons. The number of ether oxygens (including phenoxy) is 1. The molecular weight excluding hydrogens is 421 g/mol. The van der Waals surface area contributed by atoms with Crippen molar-refractivity contribution in [2.75, 3.05) is 5.32 Å². The van der Waals surface area contributed by atoms with Gasteiger partial charge in [0.1, 0.15) is 5.75 Å². The molecule has 0 fully saturated rings. The monoisotopic (exact) mass is 436 g/mol. The molecule has 0 aliphatic carbocycles. The predicted octanol–water partition coefficient (Wildman–Crippen LogP) is 6.98. The summed E-state index contributed by atoms with van der Waals surface area (Å²) in [7, 11) is 0. The molecule has 0 heterocycles. The average molecular weight is 437 g/mol. The van der Waals surface area contributed by atoms with Crippen LogP contribution in [0.5, 0.6) is 11.5 Å². The fraction of sp³-hybridized carbons (Fsp3) is 0.143. The van der Waals surface area contributed by atoms with Crippen LogP contribution in [0.4, 0.5) is 24.5 Å². The summed E-state index contributed by atoms with van der Waals surface area (Å²) in [4.78, 5) is 10.4. The normalized spacial score (nSPS) is 11.2. The second-order valence-electron chi connectivity index (χ2n) is 6.46. The maximum absolute atomic E-state index is 12.9. The maximum atomic E-state index is 12.9. The number of hydrogen-bond donors (Lipinski definition) is 1. The van der Waals surface area contributed by atoms with Crippen LogP contribution in [-0.4, -0.2) is 4.92 Å². The van der Waals surface area contributed by atoms with E-state index in [4.69, 9.17) is 16.3 Å². The number of anilines is 1. The highest BCUT2D eigenvalue weighted by Crippen LogP contribution is 2.38. The largest absolute Gasteiger partial charge is 0.450 e. The number of benzene rings is 3. The van der Waals surface area contributed by atoms with Gasteiger partial charge < -0.3 is 10.1 Å². The van der Waals surface area contributed by atoms with Gasteiger partial charge >= 0.3 is 11.9 Å². The zero-order valence-corrected chi connectivity index (χ0v) is 16.4. The van der Waals surface area contributed by atoms with E-state index in [1.165, 1.54) is 0 Å². The van der Waals surface area contributed by atoms with Crippen LogP contribution in [-0.2, 0) is 12.7 Å². The molecular formula is C21H16ClF3N2O3. The molecule has 0 spiro atoms. The second kappa shape index (κ2) is 8.62. The number of rotatable bonds is 6. The van der Waals surface area contributed by atoms with Gasteiger partial charge in [-0.2, -0.15) is 13.2 Å². The Morgan fingerprint density at radius 2 is 1.80 bits per heavy atom. The van der Waals surface area contributed by atoms with Crippen LogP contribution in [0.1, 0.15) is 16.7 Å². The third kappa shape index (κ3) is 5.01. The molecule has 0 saturated heterocycles. The van der Waals surface area contributed by atoms with E-state index < -0.39 is 22.4 Å². The van der Waals surface area contributed by atoms with Crippen LogP contribution in [0.3, 0.4) is 0 Å². The zero-order chi connectivity index (χ0) is 21.9. The number of nitro groups is 1. The van der Waals surface area contributed by atoms with Gasteiger partial charge in [0.05, 0.1) is 10.5 Å². The van der Waals surface area contributed by atoms with E-state index in [9.17, 15) is 23.3 Å². The van der Waals surface area contributed by atoms with Crippen LogP contribution >= 0.6 is 11.6 Å². The third-order valence-electron chi connectivity index (χ3n) is 4.33. The van der Waals surface area contributed by atoms with Crippen molar-refractivity contribution >= 4 is 23.0 Å². The van der Waals surface area contributed by atoms with E-state index in [1.54, 1.807) is 30.3 Å². The summed E-state index contributed by atoms with van der Waals surface area (Å²) in [6.45, 7) is 2.19. The molecule has 0 atom stereocenters. The predicted molar refractivity (Wildman–Crippen MR) is 108 cm³/mol. The third-order valence-corrected chi connectivity index (χ3v) is 4.74. The molecule has 0 unspecified atom stereocenters. The second-order valence-corrected chi connectivity index (χ2v) is 6.87. The van der Waals surface area contributed by atoms with Gasteiger partial charge in [-0.25, -0.2) is 0 Å². The molecule has 1 N–H and O–H groups in total. The Labute approximate surface area is 175 Å². The van der Waals surface area contributed by atoms with Crippen LogP contribution in [0, 0.1) is 17.0 Å². The summed E-state index contributed by atoms with van der Waals surface area (Å²) >= 11 is 6.12. The molecule has 0 amide bonds. The van der Waals surface area contributed by atoms with Gasteiger partial charge in [-0.15, -0.1) is 0 Å². The fourth-order valence-electron chi connectivity index (χ4n) is 2.69. The maximum Gasteiger partial charge on any atom is 0.416 e. The lowest BCUT2D eigenvalue weighted by atomic mass is 10.1. The summed E-state index contributed by atoms with van der Waals surface area (Å²) in [5, 5.41) is 15.1. The summed E-state index contributed by atoms with van der Waals surface area (Å²) in [5.41, 5.74) is 0.468. The lowest BCUT2D eigenvalue weighted by Gasteiger charge is -2.14. The average Bonchev–Trinajstić information content (AvgIpc) is 2.69. The summed E-state index contributed by atoms with van der Waals surface area (Å²) < 4.78 is 44.3. The Hall–Kier alpha value is -3.26. The van der Waals surface area contributed by atoms with Crippen molar-refractivity contribution in [2.45, 2.75) is 19.6 Å². The first-order valence-electron chi connectivity index (χ1n) is 8.76. The summed E-state index contributed by atoms with van der Waals surface area (Å²) in [6, 6.07) is 14.4. The number of nitro benzene ring substituents is 1. The smallest absolute Gasteiger partial charge is 0.416 e. The van der Waals surface area contributed by atoms with Gasteiger partial charge in [0.2, 0.25) is 5.75 Å². The van der Waals surface area contributed by atoms with Gasteiger partial charge in [0, 0.05) is 28.9 Å². The van der Waals surface area contributed by atoms with E-state index >= 15 is 0 Å². The van der Waals surface area contributed by atoms with Crippen molar-refractivity contribution in [2.24, 2.45) is 0 Å². The lowest BCUT2D eigenvalue weighted by Crippen LogP contribution is -2.06. The summed E-state index contributed by atoms with van der Waals surface area (Å²) in [6.07, 6.45) is -4.69. The molecule has 30 heavy (non-hydrogen) atoms. The molecule has 3 aromatic rings. The molecule has 3 rings (SSSR count). The van der Waals surface area contributed by atoms with Gasteiger partial charge in [-0.1, -0.05) is 35.9 Å². The van der Waals surface area contributed by atoms with E-state index in [0.717, 1.165) is 23.4 Å². The summed E-state index contributed by atoms with van der Waals surface area (Å²) in [5.74, 6) is 0.00453. The molecule has 0 saturated carbocycles. The van der Waals surface area contributed by atoms with Crippen LogP contribution in [0.2, 0.25) is 5.02 Å². The Balaban J connectivity index is 1.85. The molecule has 0 aliphatic rings. The van der Waals surface area contributed by atoms with Crippen LogP contribution < -0.4 is 10.1 Å². The van der Waals surface area contributed by atoms with E-state index in [2.05, 4.69) is 5.32 Å². The Morgan fingerprint density at radius 1 is 1.07 bits per heavy atom. The lowest BCUT2D eigenvalue weighted by molar-refractivity contribution is -0.385. The molecule has 5 nitrogen and oxygen atoms in total. The van der Waals surface area contributed by atoms with Crippen LogP contribution in [0.25, 0.3) is 0 Å². The number of nitrogens with one attached hydrogen (secondary N) is 1. The standard InChI is InChI=1S/C21H16ClF3N2O3/c1-13-6-8-16(11-17(13)22)26-12-14-4-2-3-5-19(14)30-20-9-7-15(21(23,24)25)10-18(20)27(28)29/h2-11,26H,12H2,1H3. The van der Waals surface area contributed by atoms with Gasteiger partial charge in [0.15, 0.2) is 0 Å². The molecule has 3 aromatic carbocycles. The van der Waals surface area contributed by atoms with Crippen molar-refractivity contribution < 1.29 is 22.8 Å². The van der Waals surface area contributed by atoms with Gasteiger partial charge in [-0.05, 0) is 42.8 Å². The number of para-hydroxylation sites is 1. The SMILES string of the molecule is Cc1ccc(NCc2ccccc2Oc2ccc(C(F)(F)F)cc2[N+](=O)[O-])cc1Cl. The topological polar surface area (TPSA) is 64.4 Å². The number of hydrogen-bond acceptors (Lipinski definition) is 4. The highest BCUT2D eigenvalue weighted by Gasteiger charge is 2.33. The number of aryl methyl sites for hydroxylation is 1. The van der Waals surface area contributed by atoms with Crippen molar-refractivity contribution in [1.29, 1.82) is 0 Å². The minimum Gasteiger partial charge on any atom is -0.450 e. The zero-order valence-electron chi connectivity index (χ0n) is 15.7. The Kier molecular flexibility index (Phi) is 6.17. The molecule has 156 valence electrons. The molecule has 0 bridgehead atoms. The molecule has 9 heteroatoms. The first-order valence-corrected chi connectivity index (χ1v) is 9.14. The first-order chi connectivity index (χ1) is 14.1. The number of halogens is 4. The molecule has 0 aromatic heterocycles. The minimum atomic E-state index is -4.69. The van der Waals surface area contributed by atoms with E-state index in [0.29, 0.717) is 23.2 Å². The quantitative estimate of drug-likeness (QED) is 0.334. The minimum absolute atomic E-state index is 0.279. The first kappa shape index (κ1) is 21.4. The van der Waals surface area contributed by atoms with E-state index in [1.807, 2.05) is 19.1 Å². The Bertz CT molecular complexity index is 1090. The molecule has 0 aliphatic heterocycles. The van der Waals surface area contributed by atoms with Gasteiger partial charge in [-0.3, -0.25) is 10.1 Å². The van der Waals surface area contributed by atoms with Gasteiger partial charge in [0.25, 0.3) is 0 Å². The Morgan fingerprint density at radius 3 is 2.47 bits per heavy atom. The highest BCUT2D eigenvalue weighted by atomic mass is 35.5. The van der Waals surface area contributed by atoms with Crippen LogP contribution in [0.15, 0.2) is 60.7 Å². The number of nitrogens with zero attached hydrogens (tertiary/aromatic N) is 1. The van der Waals surface area contributed by atoms with Crippen molar-refractivity contribution in [3.8, 4) is 11.5 Å². The van der Waals surface area contributed by atoms with Crippen molar-refractivity contribution in [3.05, 3.63) is 92.5 Å². The van der Waals surface area contributed by atoms with Crippen molar-refractivity contribution in [3.63, 3.8) is 0 Å². The van der Waals surface area contributed by atoms with Crippen molar-refractivity contribution in [1.82, 2.24) is 0 Å². The fourth-order valence-corrected chi connectivity index (χ4v) is 2.87.